The minimum atomic E-state index is -0.0500. The number of hydrogen-bond donors (Lipinski definition) is 1. The lowest BCUT2D eigenvalue weighted by Crippen LogP contribution is -2.46. The molecule has 2 heterocycles. The van der Waals surface area contributed by atoms with E-state index in [1.807, 2.05) is 11.8 Å². The highest BCUT2D eigenvalue weighted by Gasteiger charge is 2.38. The zero-order valence-electron chi connectivity index (χ0n) is 11.1. The van der Waals surface area contributed by atoms with E-state index in [2.05, 4.69) is 19.2 Å². The van der Waals surface area contributed by atoms with Gasteiger partial charge in [0.05, 0.1) is 18.3 Å². The first-order valence-electron chi connectivity index (χ1n) is 6.77. The standard InChI is InChI=1S/C13H24N2O2/c1-9(2)12-14-10(3)13(16)15(12)8-11-6-4-5-7-17-11/h9-12,14H,4-8H2,1-3H3. The molecular weight excluding hydrogens is 216 g/mol. The summed E-state index contributed by atoms with van der Waals surface area (Å²) in [6, 6.07) is -0.0500. The van der Waals surface area contributed by atoms with Crippen molar-refractivity contribution in [1.29, 1.82) is 0 Å². The summed E-state index contributed by atoms with van der Waals surface area (Å²) in [5.74, 6) is 0.658. The second-order valence-electron chi connectivity index (χ2n) is 5.56. The third kappa shape index (κ3) is 2.80. The van der Waals surface area contributed by atoms with Gasteiger partial charge in [0.2, 0.25) is 5.91 Å². The highest BCUT2D eigenvalue weighted by Crippen LogP contribution is 2.21. The van der Waals surface area contributed by atoms with E-state index in [4.69, 9.17) is 4.74 Å². The number of nitrogens with one attached hydrogen (secondary N) is 1. The van der Waals surface area contributed by atoms with Crippen LogP contribution in [0.3, 0.4) is 0 Å². The fraction of sp³-hybridized carbons (Fsp3) is 0.923. The van der Waals surface area contributed by atoms with E-state index in [1.54, 1.807) is 0 Å². The number of nitrogens with zero attached hydrogens (tertiary/aromatic N) is 1. The van der Waals surface area contributed by atoms with Gasteiger partial charge in [-0.1, -0.05) is 13.8 Å². The number of hydrogen-bond acceptors (Lipinski definition) is 3. The first-order valence-corrected chi connectivity index (χ1v) is 6.77. The summed E-state index contributed by atoms with van der Waals surface area (Å²) in [5, 5.41) is 3.36. The molecule has 4 heteroatoms. The van der Waals surface area contributed by atoms with Crippen molar-refractivity contribution in [2.75, 3.05) is 13.2 Å². The van der Waals surface area contributed by atoms with Crippen LogP contribution in [0.15, 0.2) is 0 Å². The van der Waals surface area contributed by atoms with Crippen molar-refractivity contribution in [2.45, 2.75) is 58.3 Å². The first-order chi connectivity index (χ1) is 8.09. The Balaban J connectivity index is 1.98. The number of carbonyl (C=O) groups is 1. The lowest BCUT2D eigenvalue weighted by atomic mass is 10.1. The minimum Gasteiger partial charge on any atom is -0.376 e. The molecule has 3 atom stereocenters. The summed E-state index contributed by atoms with van der Waals surface area (Å²) in [7, 11) is 0. The van der Waals surface area contributed by atoms with Crippen LogP contribution in [0.1, 0.15) is 40.0 Å². The summed E-state index contributed by atoms with van der Waals surface area (Å²) in [6.45, 7) is 7.84. The summed E-state index contributed by atoms with van der Waals surface area (Å²) in [6.07, 6.45) is 3.88. The Hall–Kier alpha value is -0.610. The molecule has 1 amide bonds. The zero-order valence-corrected chi connectivity index (χ0v) is 11.1. The van der Waals surface area contributed by atoms with Gasteiger partial charge in [-0.05, 0) is 32.1 Å². The molecular formula is C13H24N2O2. The minimum absolute atomic E-state index is 0.0500. The fourth-order valence-corrected chi connectivity index (χ4v) is 2.73. The lowest BCUT2D eigenvalue weighted by Gasteiger charge is -2.32. The maximum atomic E-state index is 12.1. The van der Waals surface area contributed by atoms with Crippen LogP contribution in [0.5, 0.6) is 0 Å². The van der Waals surface area contributed by atoms with Gasteiger partial charge in [0, 0.05) is 13.2 Å². The average Bonchev–Trinajstić information content (AvgIpc) is 2.59. The molecule has 0 bridgehead atoms. The van der Waals surface area contributed by atoms with Gasteiger partial charge in [0.1, 0.15) is 0 Å². The van der Waals surface area contributed by atoms with Gasteiger partial charge in [0.15, 0.2) is 0 Å². The second-order valence-corrected chi connectivity index (χ2v) is 5.56. The number of carbonyl (C=O) groups excluding carboxylic acids is 1. The van der Waals surface area contributed by atoms with Crippen molar-refractivity contribution in [3.8, 4) is 0 Å². The van der Waals surface area contributed by atoms with Crippen molar-refractivity contribution < 1.29 is 9.53 Å². The third-order valence-corrected chi connectivity index (χ3v) is 3.72. The molecule has 3 unspecified atom stereocenters. The van der Waals surface area contributed by atoms with Crippen LogP contribution in [0.25, 0.3) is 0 Å². The number of ether oxygens (including phenoxy) is 1. The van der Waals surface area contributed by atoms with Crippen molar-refractivity contribution >= 4 is 5.91 Å². The highest BCUT2D eigenvalue weighted by atomic mass is 16.5. The summed E-state index contributed by atoms with van der Waals surface area (Å²) < 4.78 is 5.73. The zero-order chi connectivity index (χ0) is 12.4. The average molecular weight is 240 g/mol. The van der Waals surface area contributed by atoms with E-state index in [9.17, 15) is 4.79 Å². The van der Waals surface area contributed by atoms with Crippen LogP contribution in [-0.2, 0) is 9.53 Å². The van der Waals surface area contributed by atoms with Crippen molar-refractivity contribution in [3.05, 3.63) is 0 Å². The smallest absolute Gasteiger partial charge is 0.240 e. The number of amides is 1. The Morgan fingerprint density at radius 3 is 2.82 bits per heavy atom. The highest BCUT2D eigenvalue weighted by molar-refractivity contribution is 5.84. The van der Waals surface area contributed by atoms with E-state index < -0.39 is 0 Å². The predicted octanol–water partition coefficient (Wildman–Crippen LogP) is 1.36. The van der Waals surface area contributed by atoms with Crippen LogP contribution < -0.4 is 5.32 Å². The maximum Gasteiger partial charge on any atom is 0.240 e. The molecule has 2 fully saturated rings. The molecule has 2 aliphatic heterocycles. The second kappa shape index (κ2) is 5.36. The lowest BCUT2D eigenvalue weighted by molar-refractivity contribution is -0.133. The van der Waals surface area contributed by atoms with E-state index >= 15 is 0 Å². The first kappa shape index (κ1) is 12.8. The molecule has 2 aliphatic rings. The van der Waals surface area contributed by atoms with Crippen molar-refractivity contribution in [1.82, 2.24) is 10.2 Å². The number of rotatable bonds is 3. The predicted molar refractivity (Wildman–Crippen MR) is 66.5 cm³/mol. The molecule has 17 heavy (non-hydrogen) atoms. The van der Waals surface area contributed by atoms with Gasteiger partial charge >= 0.3 is 0 Å². The largest absolute Gasteiger partial charge is 0.376 e. The molecule has 0 aliphatic carbocycles. The van der Waals surface area contributed by atoms with Crippen LogP contribution in [0, 0.1) is 5.92 Å². The summed E-state index contributed by atoms with van der Waals surface area (Å²) >= 11 is 0. The molecule has 0 saturated carbocycles. The maximum absolute atomic E-state index is 12.1. The molecule has 0 spiro atoms. The molecule has 4 nitrogen and oxygen atoms in total. The van der Waals surface area contributed by atoms with Gasteiger partial charge in [0.25, 0.3) is 0 Å². The Kier molecular flexibility index (Phi) is 4.05. The van der Waals surface area contributed by atoms with Gasteiger partial charge in [-0.3, -0.25) is 10.1 Å². The van der Waals surface area contributed by atoms with Gasteiger partial charge in [-0.25, -0.2) is 0 Å². The molecule has 0 radical (unpaired) electrons. The molecule has 2 rings (SSSR count). The molecule has 0 aromatic heterocycles. The Morgan fingerprint density at radius 1 is 1.47 bits per heavy atom. The topological polar surface area (TPSA) is 41.6 Å². The van der Waals surface area contributed by atoms with Gasteiger partial charge in [-0.15, -0.1) is 0 Å². The van der Waals surface area contributed by atoms with Gasteiger partial charge < -0.3 is 9.64 Å². The quantitative estimate of drug-likeness (QED) is 0.810. The van der Waals surface area contributed by atoms with Crippen molar-refractivity contribution in [2.24, 2.45) is 5.92 Å². The SMILES string of the molecule is CC1NC(C(C)C)N(CC2CCCCO2)C1=O. The van der Waals surface area contributed by atoms with Crippen molar-refractivity contribution in [3.63, 3.8) is 0 Å². The summed E-state index contributed by atoms with van der Waals surface area (Å²) in [5.41, 5.74) is 0. The normalized spacial score (nSPS) is 34.7. The van der Waals surface area contributed by atoms with E-state index in [1.165, 1.54) is 6.42 Å². The van der Waals surface area contributed by atoms with Crippen LogP contribution >= 0.6 is 0 Å². The molecule has 0 aromatic rings. The van der Waals surface area contributed by atoms with Crippen LogP contribution in [0.2, 0.25) is 0 Å². The molecule has 0 aromatic carbocycles. The Labute approximate surface area is 104 Å². The Morgan fingerprint density at radius 2 is 2.24 bits per heavy atom. The summed E-state index contributed by atoms with van der Waals surface area (Å²) in [4.78, 5) is 14.1. The van der Waals surface area contributed by atoms with E-state index in [0.717, 1.165) is 26.0 Å². The van der Waals surface area contributed by atoms with Crippen LogP contribution in [-0.4, -0.2) is 42.3 Å². The van der Waals surface area contributed by atoms with Crippen LogP contribution in [0.4, 0.5) is 0 Å². The Bertz CT molecular complexity index is 275. The third-order valence-electron chi connectivity index (χ3n) is 3.72. The fourth-order valence-electron chi connectivity index (χ4n) is 2.73. The molecule has 98 valence electrons. The van der Waals surface area contributed by atoms with Gasteiger partial charge in [-0.2, -0.15) is 0 Å². The monoisotopic (exact) mass is 240 g/mol. The molecule has 2 saturated heterocycles. The van der Waals surface area contributed by atoms with E-state index in [-0.39, 0.29) is 24.2 Å². The molecule has 1 N–H and O–H groups in total. The van der Waals surface area contributed by atoms with E-state index in [0.29, 0.717) is 5.92 Å².